The predicted octanol–water partition coefficient (Wildman–Crippen LogP) is 6.94. The smallest absolute Gasteiger partial charge is 0.292 e. The van der Waals surface area contributed by atoms with Gasteiger partial charge in [-0.2, -0.15) is 0 Å². The van der Waals surface area contributed by atoms with Crippen molar-refractivity contribution < 1.29 is 29.0 Å². The van der Waals surface area contributed by atoms with Crippen LogP contribution >= 0.6 is 46.4 Å². The summed E-state index contributed by atoms with van der Waals surface area (Å²) in [5.74, 6) is -6.27. The number of allylic oxidation sites excluding steroid dienone is 6. The maximum absolute atomic E-state index is 13.5. The third kappa shape index (κ3) is 5.68. The van der Waals surface area contributed by atoms with E-state index < -0.39 is 45.1 Å². The molecule has 2 aromatic carbocycles. The first-order valence-electron chi connectivity index (χ1n) is 12.0. The van der Waals surface area contributed by atoms with Gasteiger partial charge >= 0.3 is 11.9 Å². The van der Waals surface area contributed by atoms with E-state index in [9.17, 15) is 19.2 Å². The molecule has 0 fully saturated rings. The number of Topliss-reactive ketones (excluding diaryl/α,β-unsaturated/α-hetero) is 2. The Hall–Kier alpha value is -3.16. The molecule has 6 nitrogen and oxygen atoms in total. The molecule has 0 saturated heterocycles. The van der Waals surface area contributed by atoms with Crippen LogP contribution in [-0.2, 0) is 19.4 Å². The minimum absolute atomic E-state index is 0.135. The van der Waals surface area contributed by atoms with Crippen molar-refractivity contribution in [1.82, 2.24) is 0 Å². The van der Waals surface area contributed by atoms with E-state index in [0.717, 1.165) is 0 Å². The summed E-state index contributed by atoms with van der Waals surface area (Å²) in [6, 6.07) is 13.4. The molecular weight excluding hydrogens is 598 g/mol. The number of benzene rings is 2. The monoisotopic (exact) mass is 618 g/mol. The second-order valence-corrected chi connectivity index (χ2v) is 11.5. The highest BCUT2D eigenvalue weighted by Crippen LogP contribution is 2.41. The zero-order valence-electron chi connectivity index (χ0n) is 21.2. The number of halogens is 4. The molecule has 0 spiro atoms. The number of rotatable bonds is 6. The Morgan fingerprint density at radius 2 is 1.00 bits per heavy atom. The lowest BCUT2D eigenvalue weighted by atomic mass is 9.80. The molecule has 2 aliphatic carbocycles. The van der Waals surface area contributed by atoms with Crippen LogP contribution in [0.4, 0.5) is 0 Å². The molecule has 4 rings (SSSR count). The normalized spacial score (nSPS) is 25.4. The molecule has 40 heavy (non-hydrogen) atoms. The van der Waals surface area contributed by atoms with Crippen molar-refractivity contribution in [2.45, 2.75) is 23.6 Å². The summed E-state index contributed by atoms with van der Waals surface area (Å²) in [6.45, 7) is 3.45. The van der Waals surface area contributed by atoms with Crippen LogP contribution in [0.15, 0.2) is 95.1 Å². The van der Waals surface area contributed by atoms with E-state index in [1.807, 2.05) is 0 Å². The highest BCUT2D eigenvalue weighted by atomic mass is 35.5. The zero-order valence-corrected chi connectivity index (χ0v) is 24.2. The van der Waals surface area contributed by atoms with Gasteiger partial charge in [0.05, 0.1) is 0 Å². The Morgan fingerprint density at radius 1 is 0.650 bits per heavy atom. The van der Waals surface area contributed by atoms with E-state index >= 15 is 0 Å². The Morgan fingerprint density at radius 3 is 1.35 bits per heavy atom. The van der Waals surface area contributed by atoms with Gasteiger partial charge in [-0.05, 0) is 49.3 Å². The van der Waals surface area contributed by atoms with Crippen LogP contribution in [0, 0.1) is 25.7 Å². The summed E-state index contributed by atoms with van der Waals surface area (Å²) in [5, 5.41) is 0.270. The van der Waals surface area contributed by atoms with Crippen molar-refractivity contribution in [3.05, 3.63) is 117 Å². The van der Waals surface area contributed by atoms with E-state index in [4.69, 9.17) is 56.2 Å². The van der Waals surface area contributed by atoms with Gasteiger partial charge in [0.2, 0.25) is 0 Å². The third-order valence-electron chi connectivity index (χ3n) is 6.69. The molecule has 0 aliphatic heterocycles. The number of hydrogen-bond donors (Lipinski definition) is 0. The van der Waals surface area contributed by atoms with Gasteiger partial charge in [-0.3, -0.25) is 9.59 Å². The molecule has 4 unspecified atom stereocenters. The number of ketones is 2. The summed E-state index contributed by atoms with van der Waals surface area (Å²) in [6.07, 6.45) is 7.81. The molecule has 0 aromatic heterocycles. The Bertz CT molecular complexity index is 1410. The molecule has 2 aromatic rings. The molecule has 0 radical (unpaired) electrons. The van der Waals surface area contributed by atoms with Gasteiger partial charge in [-0.25, -0.2) is 19.4 Å². The molecular formula is C30H22Cl4O6. The lowest BCUT2D eigenvalue weighted by Crippen LogP contribution is -2.46. The van der Waals surface area contributed by atoms with E-state index in [1.165, 1.54) is 36.5 Å². The fourth-order valence-corrected chi connectivity index (χ4v) is 5.86. The van der Waals surface area contributed by atoms with Crippen molar-refractivity contribution in [2.24, 2.45) is 11.8 Å². The van der Waals surface area contributed by atoms with E-state index in [0.29, 0.717) is 11.1 Å². The zero-order chi connectivity index (χ0) is 29.2. The maximum atomic E-state index is 13.5. The fourth-order valence-electron chi connectivity index (χ4n) is 4.50. The van der Waals surface area contributed by atoms with Crippen molar-refractivity contribution in [1.29, 1.82) is 0 Å². The van der Waals surface area contributed by atoms with Gasteiger partial charge in [0.15, 0.2) is 11.6 Å². The van der Waals surface area contributed by atoms with Crippen LogP contribution in [-0.4, -0.2) is 33.3 Å². The second kappa shape index (κ2) is 11.8. The molecule has 206 valence electrons. The van der Waals surface area contributed by atoms with Crippen LogP contribution in [0.3, 0.4) is 0 Å². The quantitative estimate of drug-likeness (QED) is 0.151. The van der Waals surface area contributed by atoms with Crippen molar-refractivity contribution >= 4 is 69.9 Å². The number of alkyl halides is 2. The van der Waals surface area contributed by atoms with Crippen LogP contribution in [0.1, 0.15) is 31.8 Å². The fraction of sp³-hybridized carbons (Fsp3) is 0.200. The third-order valence-corrected chi connectivity index (χ3v) is 8.19. The topological polar surface area (TPSA) is 86.7 Å². The molecule has 4 atom stereocenters. The lowest BCUT2D eigenvalue weighted by Gasteiger charge is -2.32. The maximum Gasteiger partial charge on any atom is 0.364 e. The van der Waals surface area contributed by atoms with Crippen LogP contribution in [0.5, 0.6) is 0 Å². The van der Waals surface area contributed by atoms with Gasteiger partial charge in [-0.1, -0.05) is 83.9 Å². The minimum Gasteiger partial charge on any atom is -0.292 e. The minimum atomic E-state index is -1.96. The number of hydrogen-bond acceptors (Lipinski definition) is 6. The van der Waals surface area contributed by atoms with Gasteiger partial charge < -0.3 is 0 Å². The molecule has 0 amide bonds. The molecule has 2 aliphatic rings. The summed E-state index contributed by atoms with van der Waals surface area (Å²) in [7, 11) is 0. The van der Waals surface area contributed by atoms with Crippen molar-refractivity contribution in [3.8, 4) is 0 Å². The van der Waals surface area contributed by atoms with Gasteiger partial charge in [-0.15, -0.1) is 23.2 Å². The SMILES string of the molecule is Cc1ccccc1C(=O)C1(Cl)C=C(Cl)C=CC1C(=O)OOC(=O)C1C=CC(Cl)=CC1(Cl)C(=O)c1ccccc1C. The standard InChI is InChI=1S/C30H22Cl4O6/c1-17-7-3-5-9-21(17)25(35)29(33)15-19(31)11-13-23(29)27(37)39-40-28(38)24-14-12-20(32)16-30(24,34)26(36)22-10-6-4-8-18(22)2/h3-16,23-24H,1-2H3. The summed E-state index contributed by atoms with van der Waals surface area (Å²) < 4.78 is 0. The first-order chi connectivity index (χ1) is 18.9. The Kier molecular flexibility index (Phi) is 8.76. The highest BCUT2D eigenvalue weighted by Gasteiger charge is 2.51. The molecule has 0 N–H and O–H groups in total. The van der Waals surface area contributed by atoms with Gasteiger partial charge in [0.1, 0.15) is 21.6 Å². The average Bonchev–Trinajstić information content (AvgIpc) is 2.91. The van der Waals surface area contributed by atoms with Crippen molar-refractivity contribution in [3.63, 3.8) is 0 Å². The van der Waals surface area contributed by atoms with E-state index in [-0.39, 0.29) is 21.2 Å². The number of aryl methyl sites for hydroxylation is 2. The summed E-state index contributed by atoms with van der Waals surface area (Å²) in [5.41, 5.74) is 1.83. The average molecular weight is 620 g/mol. The first kappa shape index (κ1) is 29.8. The molecule has 0 heterocycles. The largest absolute Gasteiger partial charge is 0.364 e. The van der Waals surface area contributed by atoms with E-state index in [1.54, 1.807) is 62.4 Å². The van der Waals surface area contributed by atoms with Crippen LogP contribution in [0.25, 0.3) is 0 Å². The van der Waals surface area contributed by atoms with Crippen LogP contribution in [0.2, 0.25) is 0 Å². The first-order valence-corrected chi connectivity index (χ1v) is 13.5. The predicted molar refractivity (Wildman–Crippen MR) is 154 cm³/mol. The lowest BCUT2D eigenvalue weighted by molar-refractivity contribution is -0.263. The van der Waals surface area contributed by atoms with Gasteiger partial charge in [0.25, 0.3) is 0 Å². The van der Waals surface area contributed by atoms with E-state index in [2.05, 4.69) is 0 Å². The second-order valence-electron chi connectivity index (χ2n) is 9.36. The molecule has 0 bridgehead atoms. The Balaban J connectivity index is 1.56. The van der Waals surface area contributed by atoms with Gasteiger partial charge in [0, 0.05) is 21.2 Å². The molecule has 0 saturated carbocycles. The highest BCUT2D eigenvalue weighted by molar-refractivity contribution is 6.44. The summed E-state index contributed by atoms with van der Waals surface area (Å²) in [4.78, 5) is 59.0. The summed E-state index contributed by atoms with van der Waals surface area (Å²) >= 11 is 25.7. The van der Waals surface area contributed by atoms with Crippen LogP contribution < -0.4 is 0 Å². The Labute approximate surface area is 250 Å². The molecule has 10 heteroatoms. The number of carbonyl (C=O) groups excluding carboxylic acids is 4. The van der Waals surface area contributed by atoms with Crippen molar-refractivity contribution in [2.75, 3.05) is 0 Å². The number of carbonyl (C=O) groups is 4.